The topological polar surface area (TPSA) is 29.1 Å². The zero-order valence-corrected chi connectivity index (χ0v) is 7.71. The van der Waals surface area contributed by atoms with Gasteiger partial charge in [-0.05, 0) is 24.8 Å². The molecule has 0 heterocycles. The summed E-state index contributed by atoms with van der Waals surface area (Å²) in [6, 6.07) is 7.72. The maximum atomic E-state index is 10.9. The van der Waals surface area contributed by atoms with Gasteiger partial charge >= 0.3 is 0 Å². The number of benzene rings is 1. The Bertz CT molecular complexity index is 318. The molecule has 0 aliphatic heterocycles. The summed E-state index contributed by atoms with van der Waals surface area (Å²) in [6.07, 6.45) is 2.08. The van der Waals surface area contributed by atoms with Crippen LogP contribution in [-0.2, 0) is 11.2 Å². The van der Waals surface area contributed by atoms with Gasteiger partial charge < -0.3 is 5.32 Å². The van der Waals surface area contributed by atoms with E-state index in [-0.39, 0.29) is 5.78 Å². The van der Waals surface area contributed by atoms with Crippen molar-refractivity contribution in [2.75, 3.05) is 5.32 Å². The highest BCUT2D eigenvalue weighted by atomic mass is 16.1. The van der Waals surface area contributed by atoms with E-state index in [1.807, 2.05) is 24.3 Å². The van der Waals surface area contributed by atoms with Crippen LogP contribution in [0, 0.1) is 0 Å². The molecule has 1 N–H and O–H groups in total. The Hall–Kier alpha value is -1.57. The van der Waals surface area contributed by atoms with Gasteiger partial charge in [-0.1, -0.05) is 24.8 Å². The van der Waals surface area contributed by atoms with Gasteiger partial charge in [0.1, 0.15) is 5.78 Å². The first-order valence-electron chi connectivity index (χ1n) is 4.19. The summed E-state index contributed by atoms with van der Waals surface area (Å²) in [4.78, 5) is 10.9. The number of hydrogen-bond donors (Lipinski definition) is 1. The molecule has 1 rings (SSSR count). The minimum atomic E-state index is 0.165. The van der Waals surface area contributed by atoms with E-state index >= 15 is 0 Å². The van der Waals surface area contributed by atoms with Crippen LogP contribution in [0.2, 0.25) is 0 Å². The first-order valence-corrected chi connectivity index (χ1v) is 4.19. The van der Waals surface area contributed by atoms with Crippen LogP contribution in [0.4, 0.5) is 5.69 Å². The van der Waals surface area contributed by atoms with E-state index < -0.39 is 0 Å². The molecule has 1 aromatic rings. The van der Waals surface area contributed by atoms with Crippen molar-refractivity contribution in [3.8, 4) is 0 Å². The van der Waals surface area contributed by atoms with E-state index in [9.17, 15) is 4.79 Å². The van der Waals surface area contributed by atoms with Crippen LogP contribution in [0.15, 0.2) is 37.0 Å². The maximum absolute atomic E-state index is 10.9. The number of para-hydroxylation sites is 1. The van der Waals surface area contributed by atoms with Crippen molar-refractivity contribution in [2.24, 2.45) is 0 Å². The van der Waals surface area contributed by atoms with Gasteiger partial charge in [0.2, 0.25) is 0 Å². The zero-order chi connectivity index (χ0) is 9.68. The van der Waals surface area contributed by atoms with Gasteiger partial charge in [-0.15, -0.1) is 0 Å². The highest BCUT2D eigenvalue weighted by molar-refractivity contribution is 5.80. The molecule has 0 fully saturated rings. The number of hydrogen-bond acceptors (Lipinski definition) is 2. The first kappa shape index (κ1) is 9.52. The smallest absolute Gasteiger partial charge is 0.134 e. The van der Waals surface area contributed by atoms with Crippen molar-refractivity contribution in [3.63, 3.8) is 0 Å². The summed E-state index contributed by atoms with van der Waals surface area (Å²) >= 11 is 0. The predicted molar refractivity (Wildman–Crippen MR) is 54.6 cm³/mol. The molecule has 2 heteroatoms. The Morgan fingerprint density at radius 2 is 2.23 bits per heavy atom. The lowest BCUT2D eigenvalue weighted by molar-refractivity contribution is -0.116. The molecule has 0 aliphatic rings. The van der Waals surface area contributed by atoms with E-state index in [2.05, 4.69) is 11.9 Å². The van der Waals surface area contributed by atoms with Gasteiger partial charge in [0.15, 0.2) is 0 Å². The molecule has 0 unspecified atom stereocenters. The molecular weight excluding hydrogens is 162 g/mol. The Balaban J connectivity index is 2.90. The third kappa shape index (κ3) is 2.75. The molecule has 2 nitrogen and oxygen atoms in total. The van der Waals surface area contributed by atoms with E-state index in [1.54, 1.807) is 13.1 Å². The Morgan fingerprint density at radius 3 is 2.85 bits per heavy atom. The van der Waals surface area contributed by atoms with Crippen LogP contribution in [0.25, 0.3) is 0 Å². The molecule has 0 spiro atoms. The highest BCUT2D eigenvalue weighted by Gasteiger charge is 2.01. The van der Waals surface area contributed by atoms with Gasteiger partial charge in [-0.2, -0.15) is 0 Å². The lowest BCUT2D eigenvalue weighted by Crippen LogP contribution is -2.00. The van der Waals surface area contributed by atoms with Crippen molar-refractivity contribution in [1.82, 2.24) is 0 Å². The van der Waals surface area contributed by atoms with Gasteiger partial charge in [0.05, 0.1) is 0 Å². The quantitative estimate of drug-likeness (QED) is 0.761. The second kappa shape index (κ2) is 4.45. The second-order valence-corrected chi connectivity index (χ2v) is 2.88. The first-order chi connectivity index (χ1) is 6.24. The number of anilines is 1. The molecule has 0 radical (unpaired) electrons. The van der Waals surface area contributed by atoms with Crippen LogP contribution in [0.3, 0.4) is 0 Å². The summed E-state index contributed by atoms with van der Waals surface area (Å²) < 4.78 is 0. The van der Waals surface area contributed by atoms with Gasteiger partial charge in [-0.3, -0.25) is 4.79 Å². The summed E-state index contributed by atoms with van der Waals surface area (Å²) in [5.74, 6) is 0.165. The predicted octanol–water partition coefficient (Wildman–Crippen LogP) is 2.37. The molecule has 0 aliphatic carbocycles. The minimum absolute atomic E-state index is 0.165. The van der Waals surface area contributed by atoms with Crippen molar-refractivity contribution in [3.05, 3.63) is 42.6 Å². The molecule has 0 saturated carbocycles. The molecule has 0 bridgehead atoms. The number of rotatable bonds is 4. The number of carbonyl (C=O) groups excluding carboxylic acids is 1. The van der Waals surface area contributed by atoms with Crippen LogP contribution in [0.1, 0.15) is 12.5 Å². The normalized spacial score (nSPS) is 9.31. The Kier molecular flexibility index (Phi) is 3.26. The molecule has 0 atom stereocenters. The second-order valence-electron chi connectivity index (χ2n) is 2.88. The molecule has 1 aromatic carbocycles. The largest absolute Gasteiger partial charge is 0.362 e. The molecular formula is C11H13NO. The van der Waals surface area contributed by atoms with Crippen LogP contribution >= 0.6 is 0 Å². The Labute approximate surface area is 78.3 Å². The van der Waals surface area contributed by atoms with E-state index in [0.717, 1.165) is 11.3 Å². The average Bonchev–Trinajstić information content (AvgIpc) is 2.08. The summed E-state index contributed by atoms with van der Waals surface area (Å²) in [5, 5.41) is 2.99. The van der Waals surface area contributed by atoms with Crippen LogP contribution in [0.5, 0.6) is 0 Å². The third-order valence-electron chi connectivity index (χ3n) is 1.71. The fourth-order valence-electron chi connectivity index (χ4n) is 1.19. The van der Waals surface area contributed by atoms with E-state index in [1.165, 1.54) is 0 Å². The lowest BCUT2D eigenvalue weighted by Gasteiger charge is -2.06. The van der Waals surface area contributed by atoms with Crippen LogP contribution < -0.4 is 5.32 Å². The zero-order valence-electron chi connectivity index (χ0n) is 7.71. The van der Waals surface area contributed by atoms with Crippen molar-refractivity contribution in [1.29, 1.82) is 0 Å². The fourth-order valence-corrected chi connectivity index (χ4v) is 1.19. The molecule has 0 aromatic heterocycles. The van der Waals surface area contributed by atoms with Crippen LogP contribution in [-0.4, -0.2) is 5.78 Å². The maximum Gasteiger partial charge on any atom is 0.134 e. The van der Waals surface area contributed by atoms with Crippen molar-refractivity contribution < 1.29 is 4.79 Å². The average molecular weight is 175 g/mol. The fraction of sp³-hybridized carbons (Fsp3) is 0.182. The molecule has 68 valence electrons. The van der Waals surface area contributed by atoms with Crippen molar-refractivity contribution in [2.45, 2.75) is 13.3 Å². The summed E-state index contributed by atoms with van der Waals surface area (Å²) in [6.45, 7) is 5.17. The summed E-state index contributed by atoms with van der Waals surface area (Å²) in [7, 11) is 0. The standard InChI is InChI=1S/C11H13NO/c1-3-12-11-7-5-4-6-10(11)8-9(2)13/h3-7,12H,1,8H2,2H3. The highest BCUT2D eigenvalue weighted by Crippen LogP contribution is 2.15. The van der Waals surface area contributed by atoms with Gasteiger partial charge in [0, 0.05) is 12.1 Å². The summed E-state index contributed by atoms with van der Waals surface area (Å²) in [5.41, 5.74) is 1.96. The minimum Gasteiger partial charge on any atom is -0.362 e. The molecule has 13 heavy (non-hydrogen) atoms. The third-order valence-corrected chi connectivity index (χ3v) is 1.71. The lowest BCUT2D eigenvalue weighted by atomic mass is 10.1. The molecule has 0 saturated heterocycles. The Morgan fingerprint density at radius 1 is 1.54 bits per heavy atom. The number of carbonyl (C=O) groups is 1. The van der Waals surface area contributed by atoms with Gasteiger partial charge in [0.25, 0.3) is 0 Å². The number of ketones is 1. The monoisotopic (exact) mass is 175 g/mol. The SMILES string of the molecule is C=CNc1ccccc1CC(C)=O. The molecule has 0 amide bonds. The van der Waals surface area contributed by atoms with E-state index in [0.29, 0.717) is 6.42 Å². The van der Waals surface area contributed by atoms with Gasteiger partial charge in [-0.25, -0.2) is 0 Å². The number of Topliss-reactive ketones (excluding diaryl/α,β-unsaturated/α-hetero) is 1. The van der Waals surface area contributed by atoms with E-state index in [4.69, 9.17) is 0 Å². The number of nitrogens with one attached hydrogen (secondary N) is 1. The van der Waals surface area contributed by atoms with Crippen molar-refractivity contribution >= 4 is 11.5 Å².